The minimum Gasteiger partial charge on any atom is -0.396 e. The molecule has 3 N–H and O–H groups in total. The Morgan fingerprint density at radius 2 is 2.39 bits per heavy atom. The van der Waals surface area contributed by atoms with E-state index in [1.54, 1.807) is 17.8 Å². The molecule has 0 spiro atoms. The zero-order valence-electron chi connectivity index (χ0n) is 9.80. The highest BCUT2D eigenvalue weighted by molar-refractivity contribution is 7.99. The average molecular weight is 269 g/mol. The lowest BCUT2D eigenvalue weighted by molar-refractivity contribution is 0.296. The third-order valence-corrected chi connectivity index (χ3v) is 3.38. The quantitative estimate of drug-likeness (QED) is 0.610. The van der Waals surface area contributed by atoms with Crippen molar-refractivity contribution in [1.82, 2.24) is 19.6 Å². The second-order valence-corrected chi connectivity index (χ2v) is 4.87. The van der Waals surface area contributed by atoms with Crippen LogP contribution in [0.2, 0.25) is 0 Å². The molecule has 2 heterocycles. The van der Waals surface area contributed by atoms with Crippen LogP contribution in [0.3, 0.4) is 0 Å². The largest absolute Gasteiger partial charge is 0.396 e. The Morgan fingerprint density at radius 1 is 1.50 bits per heavy atom. The molecule has 0 saturated heterocycles. The van der Waals surface area contributed by atoms with Gasteiger partial charge in [-0.25, -0.2) is 19.3 Å². The molecule has 2 aromatic rings. The summed E-state index contributed by atoms with van der Waals surface area (Å²) in [7, 11) is 0. The van der Waals surface area contributed by atoms with E-state index in [0.717, 1.165) is 24.5 Å². The van der Waals surface area contributed by atoms with Crippen LogP contribution >= 0.6 is 11.8 Å². The molecule has 0 aliphatic carbocycles. The maximum absolute atomic E-state index is 11.2. The van der Waals surface area contributed by atoms with Crippen molar-refractivity contribution in [2.24, 2.45) is 0 Å². The molecule has 0 radical (unpaired) electrons. The van der Waals surface area contributed by atoms with Gasteiger partial charge in [-0.15, -0.1) is 0 Å². The van der Waals surface area contributed by atoms with Gasteiger partial charge < -0.3 is 10.4 Å². The zero-order valence-corrected chi connectivity index (χ0v) is 10.6. The number of aromatic amines is 1. The van der Waals surface area contributed by atoms with Crippen molar-refractivity contribution in [1.29, 1.82) is 0 Å². The van der Waals surface area contributed by atoms with Gasteiger partial charge in [0, 0.05) is 25.0 Å². The molecule has 0 unspecified atom stereocenters. The molecule has 0 saturated carbocycles. The van der Waals surface area contributed by atoms with Crippen LogP contribution in [0.4, 0.5) is 5.82 Å². The first-order valence-electron chi connectivity index (χ1n) is 5.66. The third-order valence-electron chi connectivity index (χ3n) is 2.31. The number of aliphatic hydroxyl groups is 1. The first-order chi connectivity index (χ1) is 8.81. The summed E-state index contributed by atoms with van der Waals surface area (Å²) in [6.07, 6.45) is 2.27. The van der Waals surface area contributed by atoms with E-state index in [2.05, 4.69) is 20.5 Å². The lowest BCUT2D eigenvalue weighted by Gasteiger charge is -2.04. The molecule has 0 fully saturated rings. The minimum atomic E-state index is -0.288. The van der Waals surface area contributed by atoms with Crippen molar-refractivity contribution >= 4 is 23.2 Å². The highest BCUT2D eigenvalue weighted by atomic mass is 32.2. The van der Waals surface area contributed by atoms with Crippen molar-refractivity contribution in [2.75, 3.05) is 30.0 Å². The normalized spacial score (nSPS) is 10.9. The van der Waals surface area contributed by atoms with Gasteiger partial charge in [0.25, 0.3) is 0 Å². The standard InChI is InChI=1S/C10H15N5O2S/c16-3-1-4-18-5-2-11-8-6-9-13-14-10(17)15(9)7-12-8/h6-7,11,16H,1-5H2,(H,14,17). The van der Waals surface area contributed by atoms with Gasteiger partial charge in [0.2, 0.25) is 0 Å². The first-order valence-corrected chi connectivity index (χ1v) is 6.82. The van der Waals surface area contributed by atoms with Crippen molar-refractivity contribution in [3.63, 3.8) is 0 Å². The fraction of sp³-hybridized carbons (Fsp3) is 0.500. The Balaban J connectivity index is 1.83. The summed E-state index contributed by atoms with van der Waals surface area (Å²) in [5.74, 6) is 2.60. The molecule has 0 aromatic carbocycles. The van der Waals surface area contributed by atoms with E-state index >= 15 is 0 Å². The van der Waals surface area contributed by atoms with Crippen LogP contribution in [0, 0.1) is 0 Å². The molecule has 0 bridgehead atoms. The van der Waals surface area contributed by atoms with Crippen LogP contribution in [-0.4, -0.2) is 49.3 Å². The summed E-state index contributed by atoms with van der Waals surface area (Å²) in [6.45, 7) is 1.03. The molecular formula is C10H15N5O2S. The number of nitrogens with zero attached hydrogens (tertiary/aromatic N) is 3. The van der Waals surface area contributed by atoms with Crippen LogP contribution in [0.1, 0.15) is 6.42 Å². The lowest BCUT2D eigenvalue weighted by Crippen LogP contribution is -2.11. The molecule has 0 aliphatic heterocycles. The van der Waals surface area contributed by atoms with E-state index in [9.17, 15) is 4.79 Å². The predicted molar refractivity (Wildman–Crippen MR) is 71.1 cm³/mol. The molecule has 98 valence electrons. The maximum Gasteiger partial charge on any atom is 0.348 e. The topological polar surface area (TPSA) is 95.3 Å². The van der Waals surface area contributed by atoms with Gasteiger partial charge in [0.1, 0.15) is 12.1 Å². The maximum atomic E-state index is 11.2. The highest BCUT2D eigenvalue weighted by Crippen LogP contribution is 2.06. The van der Waals surface area contributed by atoms with E-state index in [4.69, 9.17) is 5.11 Å². The highest BCUT2D eigenvalue weighted by Gasteiger charge is 2.01. The Labute approximate surface area is 108 Å². The van der Waals surface area contributed by atoms with Crippen molar-refractivity contribution in [3.8, 4) is 0 Å². The molecule has 18 heavy (non-hydrogen) atoms. The molecule has 2 aromatic heterocycles. The summed E-state index contributed by atoms with van der Waals surface area (Å²) in [4.78, 5) is 15.3. The van der Waals surface area contributed by atoms with Crippen molar-refractivity contribution in [3.05, 3.63) is 22.9 Å². The fourth-order valence-corrected chi connectivity index (χ4v) is 2.21. The van der Waals surface area contributed by atoms with Gasteiger partial charge in [0.15, 0.2) is 5.65 Å². The number of aliphatic hydroxyl groups excluding tert-OH is 1. The predicted octanol–water partition coefficient (Wildman–Crippen LogP) is -0.0549. The number of hydrogen-bond donors (Lipinski definition) is 3. The van der Waals surface area contributed by atoms with E-state index < -0.39 is 0 Å². The van der Waals surface area contributed by atoms with Gasteiger partial charge >= 0.3 is 5.69 Å². The second kappa shape index (κ2) is 6.41. The first kappa shape index (κ1) is 12.9. The number of rotatable bonds is 7. The van der Waals surface area contributed by atoms with Gasteiger partial charge in [-0.2, -0.15) is 16.9 Å². The number of thioether (sulfide) groups is 1. The van der Waals surface area contributed by atoms with E-state index in [1.807, 2.05) is 0 Å². The van der Waals surface area contributed by atoms with Crippen LogP contribution in [0.25, 0.3) is 5.65 Å². The number of fused-ring (bicyclic) bond motifs is 1. The van der Waals surface area contributed by atoms with Crippen LogP contribution in [0.5, 0.6) is 0 Å². The van der Waals surface area contributed by atoms with E-state index in [0.29, 0.717) is 11.5 Å². The van der Waals surface area contributed by atoms with Crippen LogP contribution in [-0.2, 0) is 0 Å². The Bertz CT molecular complexity index is 552. The number of anilines is 1. The molecule has 2 rings (SSSR count). The monoisotopic (exact) mass is 269 g/mol. The minimum absolute atomic E-state index is 0.243. The summed E-state index contributed by atoms with van der Waals surface area (Å²) < 4.78 is 1.35. The third kappa shape index (κ3) is 3.23. The molecule has 0 amide bonds. The van der Waals surface area contributed by atoms with Gasteiger partial charge in [-0.05, 0) is 12.2 Å². The molecular weight excluding hydrogens is 254 g/mol. The van der Waals surface area contributed by atoms with Gasteiger partial charge in [0.05, 0.1) is 0 Å². The molecule has 7 nitrogen and oxygen atoms in total. The summed E-state index contributed by atoms with van der Waals surface area (Å²) in [5.41, 5.74) is 0.258. The Hall–Kier alpha value is -1.54. The van der Waals surface area contributed by atoms with Crippen LogP contribution in [0.15, 0.2) is 17.2 Å². The van der Waals surface area contributed by atoms with Crippen molar-refractivity contribution in [2.45, 2.75) is 6.42 Å². The lowest BCUT2D eigenvalue weighted by atomic mass is 10.5. The average Bonchev–Trinajstić information content (AvgIpc) is 2.75. The summed E-state index contributed by atoms with van der Waals surface area (Å²) in [6, 6.07) is 1.72. The van der Waals surface area contributed by atoms with Crippen molar-refractivity contribution < 1.29 is 5.11 Å². The van der Waals surface area contributed by atoms with Crippen LogP contribution < -0.4 is 11.0 Å². The van der Waals surface area contributed by atoms with Gasteiger partial charge in [-0.1, -0.05) is 0 Å². The summed E-state index contributed by atoms with van der Waals surface area (Å²) >= 11 is 1.78. The van der Waals surface area contributed by atoms with Gasteiger partial charge in [-0.3, -0.25) is 0 Å². The molecule has 0 atom stereocenters. The Kier molecular flexibility index (Phi) is 4.59. The molecule has 8 heteroatoms. The number of nitrogens with one attached hydrogen (secondary N) is 2. The smallest absolute Gasteiger partial charge is 0.348 e. The zero-order chi connectivity index (χ0) is 12.8. The number of H-pyrrole nitrogens is 1. The van der Waals surface area contributed by atoms with E-state index in [-0.39, 0.29) is 12.3 Å². The summed E-state index contributed by atoms with van der Waals surface area (Å²) in [5, 5.41) is 18.0. The number of aromatic nitrogens is 4. The fourth-order valence-electron chi connectivity index (χ4n) is 1.43. The SMILES string of the molecule is O=c1[nH]nc2cc(NCCSCCCO)ncn12. The second-order valence-electron chi connectivity index (χ2n) is 3.65. The number of hydrogen-bond acceptors (Lipinski definition) is 6. The molecule has 0 aliphatic rings. The Morgan fingerprint density at radius 3 is 3.22 bits per heavy atom. The van der Waals surface area contributed by atoms with E-state index in [1.165, 1.54) is 10.7 Å².